The summed E-state index contributed by atoms with van der Waals surface area (Å²) in [4.78, 5) is 3.95. The molecule has 0 bridgehead atoms. The number of rotatable bonds is 3. The molecule has 5 heteroatoms. The standard InChI is InChI=1S/C13H14N4O/c1-18-12-4-2-11(3-5-12)16-13(17-14)10-6-8-15-9-7-10/h2-9H,14H2,1H3,(H,16,17). The first kappa shape index (κ1) is 11.9. The van der Waals surface area contributed by atoms with Crippen molar-refractivity contribution >= 4 is 11.5 Å². The summed E-state index contributed by atoms with van der Waals surface area (Å²) in [5.74, 6) is 6.78. The fourth-order valence-corrected chi connectivity index (χ4v) is 1.50. The van der Waals surface area contributed by atoms with Gasteiger partial charge in [0, 0.05) is 23.6 Å². The summed E-state index contributed by atoms with van der Waals surface area (Å²) in [5, 5.41) is 6.88. The molecule has 0 saturated heterocycles. The number of pyridine rings is 1. The third-order valence-electron chi connectivity index (χ3n) is 2.44. The summed E-state index contributed by atoms with van der Waals surface area (Å²) >= 11 is 0. The van der Waals surface area contributed by atoms with Gasteiger partial charge in [0.2, 0.25) is 0 Å². The Morgan fingerprint density at radius 1 is 1.17 bits per heavy atom. The van der Waals surface area contributed by atoms with Crippen LogP contribution in [0.15, 0.2) is 53.9 Å². The summed E-state index contributed by atoms with van der Waals surface area (Å²) in [6, 6.07) is 11.2. The number of anilines is 1. The van der Waals surface area contributed by atoms with Gasteiger partial charge in [-0.05, 0) is 36.4 Å². The maximum atomic E-state index is 5.39. The highest BCUT2D eigenvalue weighted by Gasteiger charge is 2.03. The summed E-state index contributed by atoms with van der Waals surface area (Å²) in [6.07, 6.45) is 3.38. The predicted octanol–water partition coefficient (Wildman–Crippen LogP) is 1.82. The summed E-state index contributed by atoms with van der Waals surface area (Å²) < 4.78 is 5.09. The van der Waals surface area contributed by atoms with Gasteiger partial charge >= 0.3 is 0 Å². The Kier molecular flexibility index (Phi) is 3.76. The van der Waals surface area contributed by atoms with Gasteiger partial charge in [-0.2, -0.15) is 5.10 Å². The number of nitrogens with one attached hydrogen (secondary N) is 1. The molecule has 3 N–H and O–H groups in total. The number of nitrogens with zero attached hydrogens (tertiary/aromatic N) is 2. The van der Waals surface area contributed by atoms with E-state index >= 15 is 0 Å². The molecule has 0 atom stereocenters. The van der Waals surface area contributed by atoms with Crippen LogP contribution in [0.25, 0.3) is 0 Å². The molecular formula is C13H14N4O. The molecule has 0 spiro atoms. The Balaban J connectivity index is 2.16. The summed E-state index contributed by atoms with van der Waals surface area (Å²) in [7, 11) is 1.63. The van der Waals surface area contributed by atoms with Crippen molar-refractivity contribution in [3.8, 4) is 5.75 Å². The number of benzene rings is 1. The molecule has 0 saturated carbocycles. The predicted molar refractivity (Wildman–Crippen MR) is 71.6 cm³/mol. The fourth-order valence-electron chi connectivity index (χ4n) is 1.50. The van der Waals surface area contributed by atoms with E-state index in [1.807, 2.05) is 36.4 Å². The van der Waals surface area contributed by atoms with Crippen LogP contribution in [-0.4, -0.2) is 17.9 Å². The van der Waals surface area contributed by atoms with Crippen molar-refractivity contribution in [3.05, 3.63) is 54.4 Å². The van der Waals surface area contributed by atoms with Crippen molar-refractivity contribution in [1.29, 1.82) is 0 Å². The van der Waals surface area contributed by atoms with E-state index in [1.54, 1.807) is 19.5 Å². The summed E-state index contributed by atoms with van der Waals surface area (Å²) in [6.45, 7) is 0. The van der Waals surface area contributed by atoms with Crippen molar-refractivity contribution in [2.45, 2.75) is 0 Å². The van der Waals surface area contributed by atoms with Crippen LogP contribution in [0, 0.1) is 0 Å². The minimum absolute atomic E-state index is 0.586. The van der Waals surface area contributed by atoms with Crippen LogP contribution in [0.4, 0.5) is 5.69 Å². The zero-order chi connectivity index (χ0) is 12.8. The smallest absolute Gasteiger partial charge is 0.157 e. The van der Waals surface area contributed by atoms with E-state index in [0.717, 1.165) is 17.0 Å². The number of hydrogen-bond donors (Lipinski definition) is 2. The normalized spacial score (nSPS) is 11.1. The van der Waals surface area contributed by atoms with E-state index in [0.29, 0.717) is 5.84 Å². The first-order valence-electron chi connectivity index (χ1n) is 5.43. The number of nitrogens with two attached hydrogens (primary N) is 1. The Labute approximate surface area is 105 Å². The van der Waals surface area contributed by atoms with Crippen LogP contribution in [0.5, 0.6) is 5.75 Å². The number of hydrazone groups is 1. The molecule has 1 aromatic carbocycles. The second-order valence-corrected chi connectivity index (χ2v) is 3.57. The lowest BCUT2D eigenvalue weighted by Gasteiger charge is -2.09. The monoisotopic (exact) mass is 242 g/mol. The third-order valence-corrected chi connectivity index (χ3v) is 2.44. The van der Waals surface area contributed by atoms with Gasteiger partial charge in [-0.1, -0.05) is 0 Å². The first-order valence-corrected chi connectivity index (χ1v) is 5.43. The van der Waals surface area contributed by atoms with Gasteiger partial charge in [-0.25, -0.2) is 0 Å². The van der Waals surface area contributed by atoms with Crippen molar-refractivity contribution in [3.63, 3.8) is 0 Å². The van der Waals surface area contributed by atoms with Gasteiger partial charge in [0.15, 0.2) is 5.84 Å². The highest BCUT2D eigenvalue weighted by atomic mass is 16.5. The number of aromatic nitrogens is 1. The van der Waals surface area contributed by atoms with Crippen molar-refractivity contribution in [2.75, 3.05) is 12.4 Å². The van der Waals surface area contributed by atoms with E-state index in [4.69, 9.17) is 10.6 Å². The molecule has 1 heterocycles. The van der Waals surface area contributed by atoms with Crippen molar-refractivity contribution in [1.82, 2.24) is 4.98 Å². The maximum Gasteiger partial charge on any atom is 0.157 e. The minimum atomic E-state index is 0.586. The van der Waals surface area contributed by atoms with Gasteiger partial charge in [0.1, 0.15) is 5.75 Å². The Morgan fingerprint density at radius 2 is 1.83 bits per heavy atom. The van der Waals surface area contributed by atoms with Gasteiger partial charge in [0.05, 0.1) is 7.11 Å². The topological polar surface area (TPSA) is 72.5 Å². The molecule has 18 heavy (non-hydrogen) atoms. The van der Waals surface area contributed by atoms with E-state index in [2.05, 4.69) is 15.4 Å². The van der Waals surface area contributed by atoms with E-state index in [-0.39, 0.29) is 0 Å². The number of amidine groups is 1. The number of methoxy groups -OCH3 is 1. The highest BCUT2D eigenvalue weighted by Crippen LogP contribution is 2.15. The third kappa shape index (κ3) is 2.76. The average Bonchev–Trinajstić information content (AvgIpc) is 2.46. The van der Waals surface area contributed by atoms with E-state index in [9.17, 15) is 0 Å². The molecule has 1 aromatic heterocycles. The van der Waals surface area contributed by atoms with Crippen LogP contribution in [0.2, 0.25) is 0 Å². The highest BCUT2D eigenvalue weighted by molar-refractivity contribution is 6.07. The van der Waals surface area contributed by atoms with Gasteiger partial charge < -0.3 is 15.9 Å². The molecular weight excluding hydrogens is 228 g/mol. The molecule has 0 amide bonds. The average molecular weight is 242 g/mol. The molecule has 0 aliphatic rings. The maximum absolute atomic E-state index is 5.39. The molecule has 2 aromatic rings. The van der Waals surface area contributed by atoms with E-state index < -0.39 is 0 Å². The van der Waals surface area contributed by atoms with E-state index in [1.165, 1.54) is 0 Å². The van der Waals surface area contributed by atoms with Crippen LogP contribution in [0.3, 0.4) is 0 Å². The van der Waals surface area contributed by atoms with Gasteiger partial charge in [-0.3, -0.25) is 4.98 Å². The second kappa shape index (κ2) is 5.67. The molecule has 0 unspecified atom stereocenters. The molecule has 0 aliphatic heterocycles. The minimum Gasteiger partial charge on any atom is -0.497 e. The van der Waals surface area contributed by atoms with Crippen LogP contribution in [-0.2, 0) is 0 Å². The van der Waals surface area contributed by atoms with Gasteiger partial charge in [-0.15, -0.1) is 0 Å². The molecule has 2 rings (SSSR count). The lowest BCUT2D eigenvalue weighted by atomic mass is 10.2. The van der Waals surface area contributed by atoms with Crippen molar-refractivity contribution < 1.29 is 4.74 Å². The SMILES string of the molecule is COc1ccc(N/C(=N/N)c2ccncc2)cc1. The lowest BCUT2D eigenvalue weighted by molar-refractivity contribution is 0.415. The largest absolute Gasteiger partial charge is 0.497 e. The molecule has 92 valence electrons. The number of hydrogen-bond acceptors (Lipinski definition) is 4. The Hall–Kier alpha value is -2.56. The summed E-state index contributed by atoms with van der Waals surface area (Å²) in [5.41, 5.74) is 1.76. The molecule has 0 aliphatic carbocycles. The lowest BCUT2D eigenvalue weighted by Crippen LogP contribution is -2.15. The quantitative estimate of drug-likeness (QED) is 0.373. The van der Waals surface area contributed by atoms with Crippen molar-refractivity contribution in [2.24, 2.45) is 10.9 Å². The first-order chi connectivity index (χ1) is 8.83. The van der Waals surface area contributed by atoms with Crippen LogP contribution < -0.4 is 15.9 Å². The van der Waals surface area contributed by atoms with Crippen LogP contribution in [0.1, 0.15) is 5.56 Å². The van der Waals surface area contributed by atoms with Crippen LogP contribution >= 0.6 is 0 Å². The fraction of sp³-hybridized carbons (Fsp3) is 0.0769. The Morgan fingerprint density at radius 3 is 2.39 bits per heavy atom. The molecule has 0 radical (unpaired) electrons. The molecule has 5 nitrogen and oxygen atoms in total. The zero-order valence-corrected chi connectivity index (χ0v) is 10.00. The number of ether oxygens (including phenoxy) is 1. The van der Waals surface area contributed by atoms with Gasteiger partial charge in [0.25, 0.3) is 0 Å². The zero-order valence-electron chi connectivity index (χ0n) is 10.00. The second-order valence-electron chi connectivity index (χ2n) is 3.57. The molecule has 0 fully saturated rings. The Bertz CT molecular complexity index is 522.